The first-order chi connectivity index (χ1) is 8.82. The van der Waals surface area contributed by atoms with Crippen LogP contribution in [0.3, 0.4) is 0 Å². The zero-order valence-corrected chi connectivity index (χ0v) is 11.8. The highest BCUT2D eigenvalue weighted by atomic mass is 16.6. The molecule has 0 bridgehead atoms. The minimum absolute atomic E-state index is 0.0850. The van der Waals surface area contributed by atoms with E-state index in [4.69, 9.17) is 5.73 Å². The minimum Gasteiger partial charge on any atom is -0.378 e. The number of nitrogens with zero attached hydrogens (tertiary/aromatic N) is 3. The molecule has 0 aromatic carbocycles. The van der Waals surface area contributed by atoms with E-state index in [2.05, 4.69) is 25.9 Å². The van der Waals surface area contributed by atoms with Crippen molar-refractivity contribution in [1.82, 2.24) is 9.78 Å². The third-order valence-electron chi connectivity index (χ3n) is 4.17. The van der Waals surface area contributed by atoms with Crippen LogP contribution < -0.4 is 5.73 Å². The topological polar surface area (TPSA) is 87.0 Å². The average molecular weight is 266 g/mol. The van der Waals surface area contributed by atoms with Gasteiger partial charge in [-0.3, -0.25) is 10.1 Å². The molecule has 19 heavy (non-hydrogen) atoms. The van der Waals surface area contributed by atoms with Crippen molar-refractivity contribution in [1.29, 1.82) is 0 Å². The van der Waals surface area contributed by atoms with Crippen molar-refractivity contribution in [3.05, 3.63) is 16.3 Å². The Labute approximate surface area is 113 Å². The van der Waals surface area contributed by atoms with Gasteiger partial charge in [0.2, 0.25) is 5.82 Å². The molecule has 2 unspecified atom stereocenters. The smallest absolute Gasteiger partial charge is 0.330 e. The highest BCUT2D eigenvalue weighted by Crippen LogP contribution is 2.45. The fourth-order valence-corrected chi connectivity index (χ4v) is 3.18. The number of nitrogen functional groups attached to an aromatic ring is 1. The van der Waals surface area contributed by atoms with Crippen LogP contribution in [0.4, 0.5) is 11.5 Å². The Hall–Kier alpha value is -1.59. The molecule has 2 atom stereocenters. The first-order valence-electron chi connectivity index (χ1n) is 6.79. The zero-order valence-electron chi connectivity index (χ0n) is 11.8. The van der Waals surface area contributed by atoms with E-state index in [-0.39, 0.29) is 23.0 Å². The van der Waals surface area contributed by atoms with E-state index in [0.29, 0.717) is 5.92 Å². The Balaban J connectivity index is 2.35. The highest BCUT2D eigenvalue weighted by molar-refractivity contribution is 5.51. The number of hydrogen-bond donors (Lipinski definition) is 1. The molecule has 0 aliphatic heterocycles. The molecular formula is C13H22N4O2. The van der Waals surface area contributed by atoms with E-state index in [1.165, 1.54) is 12.6 Å². The highest BCUT2D eigenvalue weighted by Gasteiger charge is 2.37. The minimum atomic E-state index is -0.465. The van der Waals surface area contributed by atoms with Gasteiger partial charge in [-0.2, -0.15) is 5.10 Å². The normalized spacial score (nSPS) is 24.4. The molecule has 2 rings (SSSR count). The van der Waals surface area contributed by atoms with Crippen molar-refractivity contribution < 1.29 is 4.92 Å². The van der Waals surface area contributed by atoms with Crippen molar-refractivity contribution in [3.63, 3.8) is 0 Å². The maximum absolute atomic E-state index is 10.9. The summed E-state index contributed by atoms with van der Waals surface area (Å²) in [7, 11) is 0. The maximum atomic E-state index is 10.9. The van der Waals surface area contributed by atoms with E-state index < -0.39 is 4.92 Å². The summed E-state index contributed by atoms with van der Waals surface area (Å²) in [5.41, 5.74) is 5.97. The van der Waals surface area contributed by atoms with Crippen molar-refractivity contribution in [3.8, 4) is 0 Å². The van der Waals surface area contributed by atoms with Crippen LogP contribution in [0.1, 0.15) is 52.5 Å². The van der Waals surface area contributed by atoms with E-state index in [9.17, 15) is 10.1 Å². The van der Waals surface area contributed by atoms with Gasteiger partial charge in [0.15, 0.2) is 0 Å². The third-order valence-corrected chi connectivity index (χ3v) is 4.17. The monoisotopic (exact) mass is 266 g/mol. The summed E-state index contributed by atoms with van der Waals surface area (Å²) in [6, 6.07) is 0.169. The quantitative estimate of drug-likeness (QED) is 0.658. The van der Waals surface area contributed by atoms with Crippen LogP contribution in [0, 0.1) is 21.4 Å². The standard InChI is InChI=1S/C13H22N4O2/c1-13(2,3)9-6-4-5-7-10(9)16-12(14)11(8-15-16)17(18)19/h8-10H,4-7,14H2,1-3H3. The molecule has 1 aromatic rings. The Morgan fingerprint density at radius 1 is 1.42 bits per heavy atom. The number of rotatable bonds is 2. The van der Waals surface area contributed by atoms with Crippen LogP contribution in [-0.2, 0) is 0 Å². The van der Waals surface area contributed by atoms with E-state index in [0.717, 1.165) is 19.3 Å². The maximum Gasteiger partial charge on any atom is 0.330 e. The lowest BCUT2D eigenvalue weighted by Gasteiger charge is -2.40. The van der Waals surface area contributed by atoms with Crippen LogP contribution in [-0.4, -0.2) is 14.7 Å². The summed E-state index contributed by atoms with van der Waals surface area (Å²) >= 11 is 0. The van der Waals surface area contributed by atoms with Crippen LogP contribution >= 0.6 is 0 Å². The molecule has 1 aromatic heterocycles. The van der Waals surface area contributed by atoms with Gasteiger partial charge in [0.1, 0.15) is 6.20 Å². The molecule has 6 heteroatoms. The lowest BCUT2D eigenvalue weighted by molar-refractivity contribution is -0.384. The van der Waals surface area contributed by atoms with Gasteiger partial charge in [0, 0.05) is 0 Å². The van der Waals surface area contributed by atoms with Crippen molar-refractivity contribution >= 4 is 11.5 Å². The number of aromatic nitrogens is 2. The molecule has 106 valence electrons. The van der Waals surface area contributed by atoms with Gasteiger partial charge in [0.05, 0.1) is 11.0 Å². The lowest BCUT2D eigenvalue weighted by atomic mass is 9.69. The molecular weight excluding hydrogens is 244 g/mol. The van der Waals surface area contributed by atoms with Crippen molar-refractivity contribution in [2.45, 2.75) is 52.5 Å². The van der Waals surface area contributed by atoms with E-state index in [1.54, 1.807) is 4.68 Å². The molecule has 2 N–H and O–H groups in total. The van der Waals surface area contributed by atoms with Crippen LogP contribution in [0.25, 0.3) is 0 Å². The van der Waals surface area contributed by atoms with Crippen LogP contribution in [0.5, 0.6) is 0 Å². The molecule has 0 radical (unpaired) electrons. The van der Waals surface area contributed by atoms with Gasteiger partial charge in [-0.25, -0.2) is 4.68 Å². The second kappa shape index (κ2) is 4.83. The molecule has 6 nitrogen and oxygen atoms in total. The SMILES string of the molecule is CC(C)(C)C1CCCCC1n1ncc([N+](=O)[O-])c1N. The zero-order chi connectivity index (χ0) is 14.2. The predicted octanol–water partition coefficient (Wildman–Crippen LogP) is 3.15. The summed E-state index contributed by atoms with van der Waals surface area (Å²) in [6.07, 6.45) is 5.72. The lowest BCUT2D eigenvalue weighted by Crippen LogP contribution is -2.33. The Bertz CT molecular complexity index is 475. The van der Waals surface area contributed by atoms with E-state index >= 15 is 0 Å². The number of anilines is 1. The fourth-order valence-electron chi connectivity index (χ4n) is 3.18. The summed E-state index contributed by atoms with van der Waals surface area (Å²) in [4.78, 5) is 10.4. The molecule has 0 saturated heterocycles. The van der Waals surface area contributed by atoms with Crippen molar-refractivity contribution in [2.24, 2.45) is 11.3 Å². The first-order valence-corrected chi connectivity index (χ1v) is 6.79. The van der Waals surface area contributed by atoms with Crippen LogP contribution in [0.2, 0.25) is 0 Å². The predicted molar refractivity (Wildman–Crippen MR) is 73.7 cm³/mol. The van der Waals surface area contributed by atoms with Gasteiger partial charge >= 0.3 is 5.69 Å². The van der Waals surface area contributed by atoms with Gasteiger partial charge in [-0.05, 0) is 24.2 Å². The van der Waals surface area contributed by atoms with E-state index in [1.807, 2.05) is 0 Å². The second-order valence-electron chi connectivity index (χ2n) is 6.44. The molecule has 0 spiro atoms. The number of nitrogens with two attached hydrogens (primary N) is 1. The summed E-state index contributed by atoms with van der Waals surface area (Å²) in [5, 5.41) is 15.0. The Kier molecular flexibility index (Phi) is 3.52. The molecule has 0 amide bonds. The van der Waals surface area contributed by atoms with Crippen molar-refractivity contribution in [2.75, 3.05) is 5.73 Å². The largest absolute Gasteiger partial charge is 0.378 e. The molecule has 1 heterocycles. The van der Waals surface area contributed by atoms with Gasteiger partial charge in [0.25, 0.3) is 0 Å². The summed E-state index contributed by atoms with van der Waals surface area (Å²) in [5.74, 6) is 0.634. The van der Waals surface area contributed by atoms with Gasteiger partial charge in [-0.15, -0.1) is 0 Å². The Morgan fingerprint density at radius 3 is 2.58 bits per heavy atom. The van der Waals surface area contributed by atoms with Gasteiger partial charge < -0.3 is 5.73 Å². The first kappa shape index (κ1) is 13.8. The molecule has 1 aliphatic rings. The average Bonchev–Trinajstić information content (AvgIpc) is 2.70. The molecule has 1 fully saturated rings. The van der Waals surface area contributed by atoms with Gasteiger partial charge in [-0.1, -0.05) is 33.6 Å². The number of hydrogen-bond acceptors (Lipinski definition) is 4. The number of nitro groups is 1. The summed E-state index contributed by atoms with van der Waals surface area (Å²) in [6.45, 7) is 6.64. The molecule has 1 aliphatic carbocycles. The second-order valence-corrected chi connectivity index (χ2v) is 6.44. The van der Waals surface area contributed by atoms with Crippen LogP contribution in [0.15, 0.2) is 6.20 Å². The molecule has 1 saturated carbocycles. The summed E-state index contributed by atoms with van der Waals surface area (Å²) < 4.78 is 1.67. The third kappa shape index (κ3) is 2.57. The fraction of sp³-hybridized carbons (Fsp3) is 0.769. The Morgan fingerprint density at radius 2 is 2.05 bits per heavy atom.